The van der Waals surface area contributed by atoms with Gasteiger partial charge in [0.1, 0.15) is 0 Å². The van der Waals surface area contributed by atoms with Gasteiger partial charge in [0.05, 0.1) is 5.71 Å². The minimum Gasteiger partial charge on any atom is -0.350 e. The maximum atomic E-state index is 10.6. The molecule has 0 aromatic heterocycles. The van der Waals surface area contributed by atoms with Gasteiger partial charge in [-0.15, -0.1) is 0 Å². The van der Waals surface area contributed by atoms with Crippen LogP contribution in [0.5, 0.6) is 0 Å². The molecular weight excluding hydrogens is 190 g/mol. The number of nitrogens with zero attached hydrogens (tertiary/aromatic N) is 1. The lowest BCUT2D eigenvalue weighted by atomic mass is 10.1. The Hall–Kier alpha value is -1.32. The molecule has 0 spiro atoms. The first-order valence-corrected chi connectivity index (χ1v) is 5.60. The van der Waals surface area contributed by atoms with Crippen molar-refractivity contribution >= 4 is 11.7 Å². The molecule has 0 aromatic carbocycles. The molecule has 15 heavy (non-hydrogen) atoms. The number of primary amides is 1. The van der Waals surface area contributed by atoms with Crippen molar-refractivity contribution in [2.45, 2.75) is 44.9 Å². The van der Waals surface area contributed by atoms with Crippen LogP contribution >= 0.6 is 0 Å². The molecule has 0 aromatic rings. The average Bonchev–Trinajstić information content (AvgIpc) is 2.44. The number of allylic oxidation sites excluding steroid dienone is 2. The number of urea groups is 1. The van der Waals surface area contributed by atoms with Crippen LogP contribution in [0.3, 0.4) is 0 Å². The molecule has 0 bridgehead atoms. The molecule has 0 radical (unpaired) electrons. The highest BCUT2D eigenvalue weighted by atomic mass is 16.2. The van der Waals surface area contributed by atoms with Gasteiger partial charge in [0.25, 0.3) is 0 Å². The second kappa shape index (κ2) is 4.47. The fourth-order valence-electron chi connectivity index (χ4n) is 2.43. The van der Waals surface area contributed by atoms with E-state index in [9.17, 15) is 4.79 Å². The molecule has 4 heteroatoms. The summed E-state index contributed by atoms with van der Waals surface area (Å²) in [4.78, 5) is 10.6. The van der Waals surface area contributed by atoms with Gasteiger partial charge in [0.2, 0.25) is 0 Å². The third kappa shape index (κ3) is 2.37. The Kier molecular flexibility index (Phi) is 3.04. The number of amides is 2. The molecule has 2 rings (SSSR count). The van der Waals surface area contributed by atoms with E-state index in [-0.39, 0.29) is 0 Å². The monoisotopic (exact) mass is 207 g/mol. The summed E-state index contributed by atoms with van der Waals surface area (Å²) in [5.74, 6) is 0. The summed E-state index contributed by atoms with van der Waals surface area (Å²) in [7, 11) is 0. The van der Waals surface area contributed by atoms with Crippen LogP contribution < -0.4 is 11.2 Å². The number of hydrazone groups is 1. The number of nitrogens with one attached hydrogen (secondary N) is 1. The second-order valence-electron chi connectivity index (χ2n) is 4.18. The van der Waals surface area contributed by atoms with Crippen LogP contribution in [0.15, 0.2) is 16.2 Å². The maximum absolute atomic E-state index is 10.6. The minimum absolute atomic E-state index is 0.579. The van der Waals surface area contributed by atoms with Crippen molar-refractivity contribution in [1.82, 2.24) is 5.43 Å². The van der Waals surface area contributed by atoms with Crippen LogP contribution in [0.2, 0.25) is 0 Å². The fourth-order valence-corrected chi connectivity index (χ4v) is 2.43. The Balaban J connectivity index is 2.11. The molecule has 2 amide bonds. The van der Waals surface area contributed by atoms with Gasteiger partial charge in [0.15, 0.2) is 0 Å². The van der Waals surface area contributed by atoms with Crippen molar-refractivity contribution in [3.63, 3.8) is 0 Å². The summed E-state index contributed by atoms with van der Waals surface area (Å²) in [5, 5.41) is 4.08. The topological polar surface area (TPSA) is 67.5 Å². The van der Waals surface area contributed by atoms with E-state index in [0.717, 1.165) is 25.0 Å². The molecule has 0 aliphatic heterocycles. The van der Waals surface area contributed by atoms with Gasteiger partial charge in [-0.1, -0.05) is 12.0 Å². The maximum Gasteiger partial charge on any atom is 0.332 e. The molecule has 0 fully saturated rings. The lowest BCUT2D eigenvalue weighted by molar-refractivity contribution is 0.249. The van der Waals surface area contributed by atoms with Gasteiger partial charge in [0, 0.05) is 0 Å². The first-order valence-electron chi connectivity index (χ1n) is 5.60. The van der Waals surface area contributed by atoms with E-state index in [0.29, 0.717) is 0 Å². The van der Waals surface area contributed by atoms with E-state index >= 15 is 0 Å². The summed E-state index contributed by atoms with van der Waals surface area (Å²) >= 11 is 0. The van der Waals surface area contributed by atoms with Gasteiger partial charge in [-0.2, -0.15) is 5.10 Å². The molecule has 0 heterocycles. The Morgan fingerprint density at radius 2 is 1.93 bits per heavy atom. The van der Waals surface area contributed by atoms with E-state index in [4.69, 9.17) is 5.73 Å². The number of rotatable bonds is 1. The first kappa shape index (κ1) is 10.2. The van der Waals surface area contributed by atoms with Crippen LogP contribution in [-0.2, 0) is 0 Å². The van der Waals surface area contributed by atoms with Gasteiger partial charge in [-0.25, -0.2) is 10.2 Å². The van der Waals surface area contributed by atoms with E-state index in [1.165, 1.54) is 31.3 Å². The molecule has 2 aliphatic rings. The van der Waals surface area contributed by atoms with Crippen molar-refractivity contribution in [2.24, 2.45) is 10.8 Å². The predicted molar refractivity (Wildman–Crippen MR) is 59.5 cm³/mol. The van der Waals surface area contributed by atoms with Crippen LogP contribution in [0.1, 0.15) is 44.9 Å². The highest BCUT2D eigenvalue weighted by Crippen LogP contribution is 2.34. The molecule has 0 unspecified atom stereocenters. The standard InChI is InChI=1S/C11H17N3O/c12-11(15)14-13-10-7-6-8-4-2-1-3-5-9(8)10/h1-7H2,(H3,12,14,15). The SMILES string of the molecule is NC(=O)NN=C1CCC2=C1CCCCC2. The van der Waals surface area contributed by atoms with Crippen molar-refractivity contribution < 1.29 is 4.79 Å². The van der Waals surface area contributed by atoms with Crippen LogP contribution in [0.4, 0.5) is 4.79 Å². The highest BCUT2D eigenvalue weighted by Gasteiger charge is 2.22. The number of carbonyl (C=O) groups excluding carboxylic acids is 1. The minimum atomic E-state index is -0.579. The van der Waals surface area contributed by atoms with Crippen molar-refractivity contribution in [1.29, 1.82) is 0 Å². The van der Waals surface area contributed by atoms with Crippen molar-refractivity contribution in [3.05, 3.63) is 11.1 Å². The summed E-state index contributed by atoms with van der Waals surface area (Å²) in [6.45, 7) is 0. The predicted octanol–water partition coefficient (Wildman–Crippen LogP) is 2.07. The fraction of sp³-hybridized carbons (Fsp3) is 0.636. The van der Waals surface area contributed by atoms with E-state index in [2.05, 4.69) is 10.5 Å². The molecular formula is C11H17N3O. The molecule has 0 saturated heterocycles. The first-order chi connectivity index (χ1) is 7.27. The molecule has 4 nitrogen and oxygen atoms in total. The van der Waals surface area contributed by atoms with Gasteiger partial charge < -0.3 is 5.73 Å². The van der Waals surface area contributed by atoms with E-state index in [1.54, 1.807) is 5.57 Å². The normalized spacial score (nSPS) is 23.9. The second-order valence-corrected chi connectivity index (χ2v) is 4.18. The highest BCUT2D eigenvalue weighted by molar-refractivity contribution is 6.03. The van der Waals surface area contributed by atoms with Gasteiger partial charge >= 0.3 is 6.03 Å². The Labute approximate surface area is 89.6 Å². The molecule has 82 valence electrons. The zero-order valence-electron chi connectivity index (χ0n) is 8.88. The largest absolute Gasteiger partial charge is 0.350 e. The summed E-state index contributed by atoms with van der Waals surface area (Å²) in [5.41, 5.74) is 11.3. The van der Waals surface area contributed by atoms with E-state index < -0.39 is 6.03 Å². The summed E-state index contributed by atoms with van der Waals surface area (Å²) < 4.78 is 0. The average molecular weight is 207 g/mol. The number of nitrogens with two attached hydrogens (primary N) is 1. The molecule has 0 saturated carbocycles. The number of hydrogen-bond donors (Lipinski definition) is 2. The number of carbonyl (C=O) groups is 1. The third-order valence-electron chi connectivity index (χ3n) is 3.15. The Bertz CT molecular complexity index is 331. The van der Waals surface area contributed by atoms with Crippen molar-refractivity contribution in [3.8, 4) is 0 Å². The van der Waals surface area contributed by atoms with Crippen molar-refractivity contribution in [2.75, 3.05) is 0 Å². The quantitative estimate of drug-likeness (QED) is 0.635. The third-order valence-corrected chi connectivity index (χ3v) is 3.15. The lowest BCUT2D eigenvalue weighted by Gasteiger charge is -2.03. The molecule has 2 aliphatic carbocycles. The van der Waals surface area contributed by atoms with Crippen LogP contribution in [-0.4, -0.2) is 11.7 Å². The summed E-state index contributed by atoms with van der Waals surface area (Å²) in [6, 6.07) is -0.579. The van der Waals surface area contributed by atoms with Gasteiger partial charge in [-0.05, 0) is 44.1 Å². The smallest absolute Gasteiger partial charge is 0.332 e. The molecule has 0 atom stereocenters. The number of hydrogen-bond acceptors (Lipinski definition) is 2. The van der Waals surface area contributed by atoms with E-state index in [1.807, 2.05) is 0 Å². The van der Waals surface area contributed by atoms with Crippen LogP contribution in [0.25, 0.3) is 0 Å². The van der Waals surface area contributed by atoms with Gasteiger partial charge in [-0.3, -0.25) is 0 Å². The zero-order valence-corrected chi connectivity index (χ0v) is 8.88. The zero-order chi connectivity index (χ0) is 10.7. The lowest BCUT2D eigenvalue weighted by Crippen LogP contribution is -2.25. The van der Waals surface area contributed by atoms with Crippen LogP contribution in [0, 0.1) is 0 Å². The Morgan fingerprint density at radius 1 is 1.13 bits per heavy atom. The molecule has 3 N–H and O–H groups in total. The summed E-state index contributed by atoms with van der Waals surface area (Å²) in [6.07, 6.45) is 8.27. The Morgan fingerprint density at radius 3 is 2.73 bits per heavy atom.